The van der Waals surface area contributed by atoms with Crippen molar-refractivity contribution in [3.8, 4) is 0 Å². The van der Waals surface area contributed by atoms with Gasteiger partial charge < -0.3 is 9.73 Å². The molecule has 0 aliphatic rings. The molecule has 1 amide bonds. The second-order valence-corrected chi connectivity index (χ2v) is 5.76. The second-order valence-electron chi connectivity index (χ2n) is 4.27. The van der Waals surface area contributed by atoms with Gasteiger partial charge in [0.25, 0.3) is 15.9 Å². The van der Waals surface area contributed by atoms with Crippen molar-refractivity contribution in [3.05, 3.63) is 53.8 Å². The van der Waals surface area contributed by atoms with Gasteiger partial charge in [-0.15, -0.1) is 0 Å². The van der Waals surface area contributed by atoms with Gasteiger partial charge in [0.05, 0.1) is 6.04 Å². The molecular weight excluding hydrogens is 280 g/mol. The van der Waals surface area contributed by atoms with Gasteiger partial charge in [0.1, 0.15) is 0 Å². The van der Waals surface area contributed by atoms with Crippen LogP contribution in [-0.2, 0) is 10.0 Å². The van der Waals surface area contributed by atoms with Crippen LogP contribution in [0.2, 0.25) is 0 Å². The molecule has 1 aromatic carbocycles. The van der Waals surface area contributed by atoms with Crippen LogP contribution in [0, 0.1) is 0 Å². The summed E-state index contributed by atoms with van der Waals surface area (Å²) in [6.07, 6.45) is 0. The first-order valence-corrected chi connectivity index (χ1v) is 7.41. The van der Waals surface area contributed by atoms with E-state index in [-0.39, 0.29) is 11.8 Å². The van der Waals surface area contributed by atoms with E-state index < -0.39 is 21.0 Å². The number of nitrogens with one attached hydrogen (secondary N) is 1. The van der Waals surface area contributed by atoms with Gasteiger partial charge in [-0.1, -0.05) is 30.3 Å². The smallest absolute Gasteiger partial charge is 0.287 e. The maximum Gasteiger partial charge on any atom is 0.287 e. The van der Waals surface area contributed by atoms with Gasteiger partial charge in [-0.05, 0) is 24.6 Å². The van der Waals surface area contributed by atoms with Gasteiger partial charge >= 0.3 is 0 Å². The molecule has 0 radical (unpaired) electrons. The average molecular weight is 294 g/mol. The molecule has 7 heteroatoms. The van der Waals surface area contributed by atoms with E-state index in [1.807, 2.05) is 37.3 Å². The van der Waals surface area contributed by atoms with Gasteiger partial charge in [-0.25, -0.2) is 13.6 Å². The van der Waals surface area contributed by atoms with Crippen molar-refractivity contribution >= 4 is 15.9 Å². The molecule has 2 rings (SSSR count). The fourth-order valence-corrected chi connectivity index (χ4v) is 2.15. The molecule has 0 bridgehead atoms. The molecule has 0 saturated carbocycles. The average Bonchev–Trinajstić information content (AvgIpc) is 2.89. The quantitative estimate of drug-likeness (QED) is 0.890. The molecule has 1 aromatic heterocycles. The van der Waals surface area contributed by atoms with E-state index >= 15 is 0 Å². The highest BCUT2D eigenvalue weighted by molar-refractivity contribution is 7.89. The zero-order valence-corrected chi connectivity index (χ0v) is 11.6. The number of benzene rings is 1. The number of primary sulfonamides is 1. The number of carbonyl (C=O) groups excluding carboxylic acids is 1. The second kappa shape index (κ2) is 5.48. The predicted molar refractivity (Wildman–Crippen MR) is 72.4 cm³/mol. The molecule has 0 aliphatic heterocycles. The lowest BCUT2D eigenvalue weighted by atomic mass is 10.1. The fourth-order valence-electron chi connectivity index (χ4n) is 1.69. The Morgan fingerprint density at radius 2 is 1.85 bits per heavy atom. The van der Waals surface area contributed by atoms with Crippen molar-refractivity contribution in [3.63, 3.8) is 0 Å². The van der Waals surface area contributed by atoms with Crippen molar-refractivity contribution in [2.45, 2.75) is 18.1 Å². The Bertz CT molecular complexity index is 707. The highest BCUT2D eigenvalue weighted by Gasteiger charge is 2.18. The molecule has 0 fully saturated rings. The van der Waals surface area contributed by atoms with E-state index in [0.29, 0.717) is 0 Å². The molecule has 6 nitrogen and oxygen atoms in total. The zero-order valence-electron chi connectivity index (χ0n) is 10.7. The van der Waals surface area contributed by atoms with Gasteiger partial charge in [-0.2, -0.15) is 0 Å². The van der Waals surface area contributed by atoms with Gasteiger partial charge in [-0.3, -0.25) is 4.79 Å². The Balaban J connectivity index is 2.11. The first-order valence-electron chi connectivity index (χ1n) is 5.86. The lowest BCUT2D eigenvalue weighted by molar-refractivity contribution is 0.0906. The minimum absolute atomic E-state index is 0.100. The number of hydrogen-bond donors (Lipinski definition) is 2. The SMILES string of the molecule is CC(NC(=O)c1ccc(S(N)(=O)=O)o1)c1ccccc1. The van der Waals surface area contributed by atoms with Gasteiger partial charge in [0.15, 0.2) is 5.76 Å². The van der Waals surface area contributed by atoms with Crippen LogP contribution in [0.25, 0.3) is 0 Å². The maximum atomic E-state index is 11.9. The largest absolute Gasteiger partial charge is 0.438 e. The van der Waals surface area contributed by atoms with Crippen molar-refractivity contribution in [2.75, 3.05) is 0 Å². The van der Waals surface area contributed by atoms with E-state index in [9.17, 15) is 13.2 Å². The molecule has 0 saturated heterocycles. The molecule has 20 heavy (non-hydrogen) atoms. The molecular formula is C13H14N2O4S. The summed E-state index contributed by atoms with van der Waals surface area (Å²) in [5.74, 6) is -0.604. The lowest BCUT2D eigenvalue weighted by Gasteiger charge is -2.12. The van der Waals surface area contributed by atoms with Crippen LogP contribution in [0.1, 0.15) is 29.1 Å². The van der Waals surface area contributed by atoms with Crippen LogP contribution in [0.3, 0.4) is 0 Å². The van der Waals surface area contributed by atoms with Crippen molar-refractivity contribution in [1.82, 2.24) is 5.32 Å². The summed E-state index contributed by atoms with van der Waals surface area (Å²) in [6.45, 7) is 1.82. The van der Waals surface area contributed by atoms with E-state index in [0.717, 1.165) is 11.6 Å². The van der Waals surface area contributed by atoms with Gasteiger partial charge in [0, 0.05) is 0 Å². The van der Waals surface area contributed by atoms with E-state index in [4.69, 9.17) is 9.56 Å². The van der Waals surface area contributed by atoms with Crippen LogP contribution in [-0.4, -0.2) is 14.3 Å². The minimum atomic E-state index is -3.94. The Labute approximate surface area is 116 Å². The van der Waals surface area contributed by atoms with Crippen LogP contribution in [0.5, 0.6) is 0 Å². The minimum Gasteiger partial charge on any atom is -0.438 e. The number of furan rings is 1. The molecule has 1 unspecified atom stereocenters. The van der Waals surface area contributed by atoms with E-state index in [2.05, 4.69) is 5.32 Å². The molecule has 1 atom stereocenters. The Morgan fingerprint density at radius 1 is 1.20 bits per heavy atom. The number of amides is 1. The highest BCUT2D eigenvalue weighted by atomic mass is 32.2. The van der Waals surface area contributed by atoms with Crippen molar-refractivity contribution in [1.29, 1.82) is 0 Å². The third kappa shape index (κ3) is 3.25. The number of carbonyl (C=O) groups is 1. The van der Waals surface area contributed by atoms with Crippen LogP contribution >= 0.6 is 0 Å². The summed E-state index contributed by atoms with van der Waals surface area (Å²) in [5, 5.41) is 7.18. The lowest BCUT2D eigenvalue weighted by Crippen LogP contribution is -2.26. The Hall–Kier alpha value is -2.12. The monoisotopic (exact) mass is 294 g/mol. The summed E-state index contributed by atoms with van der Waals surface area (Å²) in [6, 6.07) is 11.6. The summed E-state index contributed by atoms with van der Waals surface area (Å²) in [4.78, 5) is 11.9. The first kappa shape index (κ1) is 14.3. The third-order valence-electron chi connectivity index (χ3n) is 2.73. The molecule has 1 heterocycles. The molecule has 106 valence electrons. The number of sulfonamides is 1. The van der Waals surface area contributed by atoms with Crippen LogP contribution in [0.15, 0.2) is 52.0 Å². The van der Waals surface area contributed by atoms with Gasteiger partial charge in [0.2, 0.25) is 5.09 Å². The summed E-state index contributed by atoms with van der Waals surface area (Å²) in [5.41, 5.74) is 0.930. The number of rotatable bonds is 4. The molecule has 0 aliphatic carbocycles. The van der Waals surface area contributed by atoms with E-state index in [1.165, 1.54) is 6.07 Å². The standard InChI is InChI=1S/C13H14N2O4S/c1-9(10-5-3-2-4-6-10)15-13(16)11-7-8-12(19-11)20(14,17)18/h2-9H,1H3,(H,15,16)(H2,14,17,18). The fraction of sp³-hybridized carbons (Fsp3) is 0.154. The highest BCUT2D eigenvalue weighted by Crippen LogP contribution is 2.15. The number of hydrogen-bond acceptors (Lipinski definition) is 4. The Morgan fingerprint density at radius 3 is 2.40 bits per heavy atom. The topological polar surface area (TPSA) is 102 Å². The van der Waals surface area contributed by atoms with E-state index in [1.54, 1.807) is 0 Å². The van der Waals surface area contributed by atoms with Crippen molar-refractivity contribution in [2.24, 2.45) is 5.14 Å². The Kier molecular flexibility index (Phi) is 3.91. The maximum absolute atomic E-state index is 11.9. The normalized spacial score (nSPS) is 12.9. The summed E-state index contributed by atoms with van der Waals surface area (Å²) in [7, 11) is -3.94. The number of nitrogens with two attached hydrogens (primary N) is 1. The molecule has 2 aromatic rings. The predicted octanol–water partition coefficient (Wildman–Crippen LogP) is 1.42. The first-order chi connectivity index (χ1) is 9.38. The summed E-state index contributed by atoms with van der Waals surface area (Å²) < 4.78 is 27.1. The third-order valence-corrected chi connectivity index (χ3v) is 3.51. The molecule has 3 N–H and O–H groups in total. The zero-order chi connectivity index (χ0) is 14.8. The van der Waals surface area contributed by atoms with Crippen molar-refractivity contribution < 1.29 is 17.6 Å². The summed E-state index contributed by atoms with van der Waals surface area (Å²) >= 11 is 0. The van der Waals surface area contributed by atoms with Crippen LogP contribution < -0.4 is 10.5 Å². The molecule has 0 spiro atoms. The van der Waals surface area contributed by atoms with Crippen LogP contribution in [0.4, 0.5) is 0 Å².